The van der Waals surface area contributed by atoms with Crippen molar-refractivity contribution in [3.8, 4) is 0 Å². The van der Waals surface area contributed by atoms with E-state index in [9.17, 15) is 4.79 Å². The third-order valence-corrected chi connectivity index (χ3v) is 6.59. The van der Waals surface area contributed by atoms with Crippen molar-refractivity contribution in [1.82, 2.24) is 24.4 Å². The Balaban J connectivity index is 1.39. The van der Waals surface area contributed by atoms with Gasteiger partial charge in [0.05, 0.1) is 12.6 Å². The number of thiophene rings is 1. The zero-order valence-corrected chi connectivity index (χ0v) is 17.6. The molecule has 1 amide bonds. The van der Waals surface area contributed by atoms with E-state index in [2.05, 4.69) is 32.1 Å². The molecule has 0 aromatic carbocycles. The van der Waals surface area contributed by atoms with E-state index in [4.69, 9.17) is 0 Å². The van der Waals surface area contributed by atoms with Gasteiger partial charge in [-0.2, -0.15) is 0 Å². The molecule has 3 aromatic rings. The monoisotopic (exact) mass is 409 g/mol. The minimum atomic E-state index is -0.133. The van der Waals surface area contributed by atoms with Crippen LogP contribution < -0.4 is 0 Å². The fourth-order valence-corrected chi connectivity index (χ4v) is 4.80. The molecule has 29 heavy (non-hydrogen) atoms. The number of hydrogen-bond acceptors (Lipinski definition) is 5. The van der Waals surface area contributed by atoms with Crippen molar-refractivity contribution >= 4 is 22.9 Å². The molecule has 0 saturated carbocycles. The fraction of sp³-hybridized carbons (Fsp3) is 0.409. The van der Waals surface area contributed by atoms with Gasteiger partial charge in [-0.05, 0) is 56.4 Å². The molecule has 1 saturated heterocycles. The lowest BCUT2D eigenvalue weighted by Gasteiger charge is -2.36. The highest BCUT2D eigenvalue weighted by Gasteiger charge is 2.31. The Bertz CT molecular complexity index is 959. The van der Waals surface area contributed by atoms with Crippen molar-refractivity contribution in [3.63, 3.8) is 0 Å². The summed E-state index contributed by atoms with van der Waals surface area (Å²) in [5.74, 6) is 1.58. The van der Waals surface area contributed by atoms with Gasteiger partial charge in [0.2, 0.25) is 5.91 Å². The van der Waals surface area contributed by atoms with E-state index < -0.39 is 0 Å². The molecule has 0 N–H and O–H groups in total. The molecule has 0 radical (unpaired) electrons. The third-order valence-electron chi connectivity index (χ3n) is 5.73. The van der Waals surface area contributed by atoms with Crippen molar-refractivity contribution in [3.05, 3.63) is 65.3 Å². The number of rotatable bonds is 7. The molecule has 0 bridgehead atoms. The van der Waals surface area contributed by atoms with Gasteiger partial charge < -0.3 is 4.90 Å². The normalized spacial score (nSPS) is 16.7. The lowest BCUT2D eigenvalue weighted by Crippen LogP contribution is -2.49. The first kappa shape index (κ1) is 19.8. The predicted molar refractivity (Wildman–Crippen MR) is 116 cm³/mol. The van der Waals surface area contributed by atoms with Crippen LogP contribution in [0.1, 0.15) is 36.4 Å². The van der Waals surface area contributed by atoms with Crippen molar-refractivity contribution in [2.75, 3.05) is 19.6 Å². The summed E-state index contributed by atoms with van der Waals surface area (Å²) >= 11 is 1.68. The quantitative estimate of drug-likeness (QED) is 0.560. The van der Waals surface area contributed by atoms with Crippen molar-refractivity contribution in [2.45, 2.75) is 38.3 Å². The maximum atomic E-state index is 13.2. The Morgan fingerprint density at radius 2 is 2.14 bits per heavy atom. The first-order chi connectivity index (χ1) is 14.2. The van der Waals surface area contributed by atoms with Crippen molar-refractivity contribution in [1.29, 1.82) is 0 Å². The van der Waals surface area contributed by atoms with Gasteiger partial charge in [-0.3, -0.25) is 14.1 Å². The predicted octanol–water partition coefficient (Wildman–Crippen LogP) is 3.57. The molecule has 152 valence electrons. The van der Waals surface area contributed by atoms with Gasteiger partial charge in [0.25, 0.3) is 0 Å². The average Bonchev–Trinajstić information content (AvgIpc) is 3.42. The van der Waals surface area contributed by atoms with Crippen LogP contribution in [-0.2, 0) is 11.3 Å². The van der Waals surface area contributed by atoms with Crippen LogP contribution in [0.5, 0.6) is 0 Å². The summed E-state index contributed by atoms with van der Waals surface area (Å²) in [4.78, 5) is 18.6. The maximum Gasteiger partial charge on any atom is 0.240 e. The Hall–Kier alpha value is -2.51. The van der Waals surface area contributed by atoms with Gasteiger partial charge >= 0.3 is 0 Å². The van der Waals surface area contributed by atoms with Gasteiger partial charge in [-0.1, -0.05) is 18.2 Å². The average molecular weight is 410 g/mol. The second kappa shape index (κ2) is 8.88. The van der Waals surface area contributed by atoms with E-state index in [1.807, 2.05) is 47.7 Å². The van der Waals surface area contributed by atoms with E-state index >= 15 is 0 Å². The SMILES string of the molecule is C=CCN(Cc1cccs1)C(=O)C(C)N1CCC(c2nnc3ccccn23)CC1. The lowest BCUT2D eigenvalue weighted by molar-refractivity contribution is -0.136. The smallest absolute Gasteiger partial charge is 0.240 e. The van der Waals surface area contributed by atoms with Gasteiger partial charge in [0, 0.05) is 23.5 Å². The second-order valence-corrected chi connectivity index (χ2v) is 8.59. The second-order valence-electron chi connectivity index (χ2n) is 7.56. The number of hydrogen-bond donors (Lipinski definition) is 0. The molecule has 7 heteroatoms. The molecule has 1 aliphatic rings. The summed E-state index contributed by atoms with van der Waals surface area (Å²) in [7, 11) is 0. The van der Waals surface area contributed by atoms with Gasteiger partial charge in [-0.25, -0.2) is 0 Å². The lowest BCUT2D eigenvalue weighted by atomic mass is 9.95. The summed E-state index contributed by atoms with van der Waals surface area (Å²) in [6, 6.07) is 9.94. The molecule has 4 heterocycles. The Kier molecular flexibility index (Phi) is 6.06. The first-order valence-electron chi connectivity index (χ1n) is 10.1. The summed E-state index contributed by atoms with van der Waals surface area (Å²) in [5.41, 5.74) is 0.891. The number of carbonyl (C=O) groups excluding carboxylic acids is 1. The Morgan fingerprint density at radius 1 is 1.31 bits per heavy atom. The fourth-order valence-electron chi connectivity index (χ4n) is 4.08. The van der Waals surface area contributed by atoms with E-state index in [1.165, 1.54) is 4.88 Å². The minimum absolute atomic E-state index is 0.133. The van der Waals surface area contributed by atoms with Crippen LogP contribution in [0.3, 0.4) is 0 Å². The largest absolute Gasteiger partial charge is 0.332 e. The Labute approximate surface area is 175 Å². The first-order valence-corrected chi connectivity index (χ1v) is 11.0. The van der Waals surface area contributed by atoms with Crippen LogP contribution in [0.4, 0.5) is 0 Å². The molecule has 1 aliphatic heterocycles. The van der Waals surface area contributed by atoms with E-state index in [0.717, 1.165) is 37.4 Å². The number of fused-ring (bicyclic) bond motifs is 1. The van der Waals surface area contributed by atoms with Crippen LogP contribution in [0.2, 0.25) is 0 Å². The number of carbonyl (C=O) groups is 1. The molecule has 1 fully saturated rings. The highest BCUT2D eigenvalue weighted by Crippen LogP contribution is 2.28. The van der Waals surface area contributed by atoms with Crippen LogP contribution in [0.15, 0.2) is 54.6 Å². The van der Waals surface area contributed by atoms with Crippen LogP contribution in [0, 0.1) is 0 Å². The van der Waals surface area contributed by atoms with Crippen molar-refractivity contribution < 1.29 is 4.79 Å². The van der Waals surface area contributed by atoms with E-state index in [1.54, 1.807) is 17.4 Å². The summed E-state index contributed by atoms with van der Waals surface area (Å²) in [6.45, 7) is 8.85. The number of amides is 1. The van der Waals surface area contributed by atoms with Crippen LogP contribution >= 0.6 is 11.3 Å². The van der Waals surface area contributed by atoms with Gasteiger partial charge in [-0.15, -0.1) is 28.1 Å². The topological polar surface area (TPSA) is 53.7 Å². The van der Waals surface area contributed by atoms with Crippen molar-refractivity contribution in [2.24, 2.45) is 0 Å². The number of piperidine rings is 1. The Morgan fingerprint density at radius 3 is 2.86 bits per heavy atom. The minimum Gasteiger partial charge on any atom is -0.332 e. The highest BCUT2D eigenvalue weighted by atomic mass is 32.1. The summed E-state index contributed by atoms with van der Waals surface area (Å²) in [6.07, 6.45) is 5.81. The molecule has 0 spiro atoms. The standard InChI is InChI=1S/C22H27N5OS/c1-3-11-26(16-19-7-6-15-29-19)22(28)17(2)25-13-9-18(10-14-25)21-24-23-20-8-4-5-12-27(20)21/h3-8,12,15,17-18H,1,9-11,13-14,16H2,2H3. The molecule has 3 aromatic heterocycles. The molecule has 0 aliphatic carbocycles. The molecule has 1 atom stereocenters. The summed E-state index contributed by atoms with van der Waals surface area (Å²) < 4.78 is 2.09. The van der Waals surface area contributed by atoms with Gasteiger partial charge in [0.15, 0.2) is 5.65 Å². The zero-order chi connectivity index (χ0) is 20.2. The summed E-state index contributed by atoms with van der Waals surface area (Å²) in [5, 5.41) is 10.8. The maximum absolute atomic E-state index is 13.2. The zero-order valence-electron chi connectivity index (χ0n) is 16.8. The van der Waals surface area contributed by atoms with Gasteiger partial charge in [0.1, 0.15) is 5.82 Å². The van der Waals surface area contributed by atoms with E-state index in [0.29, 0.717) is 19.0 Å². The molecule has 1 unspecified atom stereocenters. The molecule has 6 nitrogen and oxygen atoms in total. The molecular formula is C22H27N5OS. The molecular weight excluding hydrogens is 382 g/mol. The molecule has 4 rings (SSSR count). The number of nitrogens with zero attached hydrogens (tertiary/aromatic N) is 5. The number of pyridine rings is 1. The van der Waals surface area contributed by atoms with E-state index in [-0.39, 0.29) is 11.9 Å². The third kappa shape index (κ3) is 4.26. The number of likely N-dealkylation sites (tertiary alicyclic amines) is 1. The van der Waals surface area contributed by atoms with Crippen LogP contribution in [0.25, 0.3) is 5.65 Å². The van der Waals surface area contributed by atoms with Crippen LogP contribution in [-0.4, -0.2) is 56.0 Å². The highest BCUT2D eigenvalue weighted by molar-refractivity contribution is 7.09. The number of aromatic nitrogens is 3.